The Hall–Kier alpha value is -1.75. The van der Waals surface area contributed by atoms with Crippen molar-refractivity contribution in [3.8, 4) is 0 Å². The van der Waals surface area contributed by atoms with Crippen molar-refractivity contribution in [3.63, 3.8) is 0 Å². The Morgan fingerprint density at radius 1 is 1.32 bits per heavy atom. The average Bonchev–Trinajstić information content (AvgIpc) is 2.37. The summed E-state index contributed by atoms with van der Waals surface area (Å²) < 4.78 is 4.68. The van der Waals surface area contributed by atoms with Gasteiger partial charge in [-0.25, -0.2) is 4.79 Å². The van der Waals surface area contributed by atoms with E-state index in [0.717, 1.165) is 5.56 Å². The summed E-state index contributed by atoms with van der Waals surface area (Å²) >= 11 is 5.85. The second kappa shape index (κ2) is 8.37. The minimum absolute atomic E-state index is 0.128. The molecule has 6 heteroatoms. The molecule has 2 N–H and O–H groups in total. The molecular formula is C13H17ClN2O3. The lowest BCUT2D eigenvalue weighted by molar-refractivity contribution is -0.141. The van der Waals surface area contributed by atoms with Crippen LogP contribution in [0.25, 0.3) is 0 Å². The summed E-state index contributed by atoms with van der Waals surface area (Å²) in [5.74, 6) is -0.451. The van der Waals surface area contributed by atoms with Crippen molar-refractivity contribution in [2.24, 2.45) is 0 Å². The van der Waals surface area contributed by atoms with Crippen molar-refractivity contribution >= 4 is 23.6 Å². The molecule has 0 aliphatic carbocycles. The Kier molecular flexibility index (Phi) is 6.74. The molecule has 1 aromatic carbocycles. The number of hydrogen-bond acceptors (Lipinski definition) is 3. The summed E-state index contributed by atoms with van der Waals surface area (Å²) in [5.41, 5.74) is 1.04. The first-order chi connectivity index (χ1) is 9.11. The van der Waals surface area contributed by atoms with E-state index in [1.54, 1.807) is 13.0 Å². The van der Waals surface area contributed by atoms with Crippen LogP contribution in [0, 0.1) is 0 Å². The van der Waals surface area contributed by atoms with E-state index >= 15 is 0 Å². The van der Waals surface area contributed by atoms with Crippen molar-refractivity contribution in [1.82, 2.24) is 10.6 Å². The van der Waals surface area contributed by atoms with Crippen LogP contribution in [-0.2, 0) is 16.0 Å². The van der Waals surface area contributed by atoms with Crippen molar-refractivity contribution < 1.29 is 14.3 Å². The Morgan fingerprint density at radius 2 is 2.11 bits per heavy atom. The maximum atomic E-state index is 11.4. The quantitative estimate of drug-likeness (QED) is 0.782. The molecule has 1 rings (SSSR count). The van der Waals surface area contributed by atoms with E-state index < -0.39 is 12.0 Å². The van der Waals surface area contributed by atoms with E-state index in [1.165, 1.54) is 0 Å². The third-order valence-corrected chi connectivity index (χ3v) is 2.52. The van der Waals surface area contributed by atoms with Crippen LogP contribution in [0.15, 0.2) is 24.3 Å². The summed E-state index contributed by atoms with van der Waals surface area (Å²) in [6, 6.07) is 7.04. The topological polar surface area (TPSA) is 67.4 Å². The van der Waals surface area contributed by atoms with Gasteiger partial charge in [0.25, 0.3) is 0 Å². The molecule has 0 aliphatic rings. The van der Waals surface area contributed by atoms with Crippen LogP contribution >= 0.6 is 11.6 Å². The summed E-state index contributed by atoms with van der Waals surface area (Å²) in [5, 5.41) is 5.73. The summed E-state index contributed by atoms with van der Waals surface area (Å²) in [6.45, 7) is 2.35. The fourth-order valence-corrected chi connectivity index (χ4v) is 1.65. The molecule has 0 spiro atoms. The van der Waals surface area contributed by atoms with Gasteiger partial charge >= 0.3 is 12.0 Å². The number of rotatable bonds is 6. The maximum Gasteiger partial charge on any atom is 0.325 e. The van der Waals surface area contributed by atoms with Gasteiger partial charge in [-0.15, -0.1) is 0 Å². The number of benzene rings is 1. The summed E-state index contributed by atoms with van der Waals surface area (Å²) in [6.07, 6.45) is 0.674. The van der Waals surface area contributed by atoms with E-state index in [2.05, 4.69) is 15.4 Å². The molecule has 2 amide bonds. The van der Waals surface area contributed by atoms with Crippen molar-refractivity contribution in [2.45, 2.75) is 13.3 Å². The summed E-state index contributed by atoms with van der Waals surface area (Å²) in [7, 11) is 0. The van der Waals surface area contributed by atoms with Gasteiger partial charge in [0.1, 0.15) is 6.54 Å². The normalized spacial score (nSPS) is 9.79. The summed E-state index contributed by atoms with van der Waals surface area (Å²) in [4.78, 5) is 22.4. The van der Waals surface area contributed by atoms with Crippen LogP contribution in [0.4, 0.5) is 4.79 Å². The zero-order chi connectivity index (χ0) is 14.1. The monoisotopic (exact) mass is 284 g/mol. The number of carbonyl (C=O) groups excluding carboxylic acids is 2. The van der Waals surface area contributed by atoms with Gasteiger partial charge in [-0.05, 0) is 31.0 Å². The molecule has 0 saturated carbocycles. The van der Waals surface area contributed by atoms with Crippen LogP contribution in [0.1, 0.15) is 12.5 Å². The number of nitrogens with one attached hydrogen (secondary N) is 2. The van der Waals surface area contributed by atoms with E-state index in [1.807, 2.05) is 18.2 Å². The van der Waals surface area contributed by atoms with Crippen molar-refractivity contribution in [1.29, 1.82) is 0 Å². The Bertz CT molecular complexity index is 438. The van der Waals surface area contributed by atoms with Crippen molar-refractivity contribution in [3.05, 3.63) is 34.9 Å². The number of hydrogen-bond donors (Lipinski definition) is 2. The highest BCUT2D eigenvalue weighted by molar-refractivity contribution is 6.30. The number of amides is 2. The SMILES string of the molecule is CCOC(=O)CNC(=O)NCCc1cccc(Cl)c1. The van der Waals surface area contributed by atoms with Gasteiger partial charge in [0.2, 0.25) is 0 Å². The van der Waals surface area contributed by atoms with E-state index in [9.17, 15) is 9.59 Å². The highest BCUT2D eigenvalue weighted by Crippen LogP contribution is 2.10. The zero-order valence-corrected chi connectivity index (χ0v) is 11.5. The van der Waals surface area contributed by atoms with Crippen LogP contribution in [0.3, 0.4) is 0 Å². The van der Waals surface area contributed by atoms with E-state index in [0.29, 0.717) is 24.6 Å². The molecule has 0 heterocycles. The fourth-order valence-electron chi connectivity index (χ4n) is 1.44. The smallest absolute Gasteiger partial charge is 0.325 e. The second-order valence-electron chi connectivity index (χ2n) is 3.79. The third-order valence-electron chi connectivity index (χ3n) is 2.29. The van der Waals surface area contributed by atoms with Gasteiger partial charge in [0.15, 0.2) is 0 Å². The van der Waals surface area contributed by atoms with Gasteiger partial charge in [-0.2, -0.15) is 0 Å². The number of ether oxygens (including phenoxy) is 1. The van der Waals surface area contributed by atoms with Gasteiger partial charge in [-0.3, -0.25) is 4.79 Å². The van der Waals surface area contributed by atoms with Crippen LogP contribution in [0.5, 0.6) is 0 Å². The highest BCUT2D eigenvalue weighted by atomic mass is 35.5. The number of carbonyl (C=O) groups is 2. The minimum atomic E-state index is -0.451. The van der Waals surface area contributed by atoms with Gasteiger partial charge in [0, 0.05) is 11.6 Å². The predicted molar refractivity (Wildman–Crippen MR) is 73.2 cm³/mol. The highest BCUT2D eigenvalue weighted by Gasteiger charge is 2.04. The molecular weight excluding hydrogens is 268 g/mol. The third kappa shape index (κ3) is 6.67. The Labute approximate surface area is 117 Å². The first-order valence-electron chi connectivity index (χ1n) is 6.03. The number of halogens is 1. The Balaban J connectivity index is 2.18. The molecule has 0 bridgehead atoms. The fraction of sp³-hybridized carbons (Fsp3) is 0.385. The first kappa shape index (κ1) is 15.3. The first-order valence-corrected chi connectivity index (χ1v) is 6.41. The van der Waals surface area contributed by atoms with Crippen LogP contribution in [-0.4, -0.2) is 31.7 Å². The van der Waals surface area contributed by atoms with Gasteiger partial charge in [0.05, 0.1) is 6.61 Å². The van der Waals surface area contributed by atoms with Crippen molar-refractivity contribution in [2.75, 3.05) is 19.7 Å². The molecule has 5 nitrogen and oxygen atoms in total. The van der Waals surface area contributed by atoms with E-state index in [4.69, 9.17) is 11.6 Å². The molecule has 0 aromatic heterocycles. The predicted octanol–water partition coefficient (Wildman–Crippen LogP) is 1.74. The van der Waals surface area contributed by atoms with E-state index in [-0.39, 0.29) is 6.54 Å². The molecule has 0 saturated heterocycles. The number of esters is 1. The lowest BCUT2D eigenvalue weighted by atomic mass is 10.1. The lowest BCUT2D eigenvalue weighted by Gasteiger charge is -2.07. The average molecular weight is 285 g/mol. The molecule has 1 aromatic rings. The molecule has 0 atom stereocenters. The second-order valence-corrected chi connectivity index (χ2v) is 4.23. The van der Waals surface area contributed by atoms with Crippen LogP contribution < -0.4 is 10.6 Å². The zero-order valence-electron chi connectivity index (χ0n) is 10.7. The standard InChI is InChI=1S/C13H17ClN2O3/c1-2-19-12(17)9-16-13(18)15-7-6-10-4-3-5-11(14)8-10/h3-5,8H,2,6-7,9H2,1H3,(H2,15,16,18). The molecule has 0 unspecified atom stereocenters. The minimum Gasteiger partial charge on any atom is -0.465 e. The maximum absolute atomic E-state index is 11.4. The largest absolute Gasteiger partial charge is 0.465 e. The number of urea groups is 1. The molecule has 0 radical (unpaired) electrons. The molecule has 104 valence electrons. The molecule has 0 fully saturated rings. The van der Waals surface area contributed by atoms with Gasteiger partial charge in [-0.1, -0.05) is 23.7 Å². The molecule has 0 aliphatic heterocycles. The molecule has 19 heavy (non-hydrogen) atoms. The van der Waals surface area contributed by atoms with Crippen LogP contribution in [0.2, 0.25) is 5.02 Å². The lowest BCUT2D eigenvalue weighted by Crippen LogP contribution is -2.39. The Morgan fingerprint density at radius 3 is 2.79 bits per heavy atom. The van der Waals surface area contributed by atoms with Gasteiger partial charge < -0.3 is 15.4 Å².